The smallest absolute Gasteiger partial charge is 0.347 e. The molecule has 0 radical (unpaired) electrons. The Kier molecular flexibility index (Phi) is 10.1. The van der Waals surface area contributed by atoms with Gasteiger partial charge in [0.15, 0.2) is 0 Å². The minimum atomic E-state index is -5.33. The van der Waals surface area contributed by atoms with Gasteiger partial charge in [0, 0.05) is 44.1 Å². The quantitative estimate of drug-likeness (QED) is 0.413. The van der Waals surface area contributed by atoms with Crippen molar-refractivity contribution in [1.29, 1.82) is 0 Å². The van der Waals surface area contributed by atoms with Crippen LogP contribution in [0.5, 0.6) is 0 Å². The molecule has 0 bridgehead atoms. The van der Waals surface area contributed by atoms with Crippen LogP contribution in [0.15, 0.2) is 41.7 Å². The Morgan fingerprint density at radius 2 is 1.89 bits per heavy atom. The fraction of sp³-hybridized carbons (Fsp3) is 0.600. The number of carbonyl (C=O) groups is 1. The first kappa shape index (κ1) is 29.1. The maximum Gasteiger partial charge on any atom is 0.501 e. The second-order valence-corrected chi connectivity index (χ2v) is 11.4. The van der Waals surface area contributed by atoms with Gasteiger partial charge in [0.25, 0.3) is 9.84 Å². The number of nitrogens with one attached hydrogen (secondary N) is 1. The Balaban J connectivity index is 1.43. The predicted molar refractivity (Wildman–Crippen MR) is 134 cm³/mol. The summed E-state index contributed by atoms with van der Waals surface area (Å²) in [5, 5.41) is 0. The van der Waals surface area contributed by atoms with Crippen molar-refractivity contribution in [2.75, 3.05) is 39.3 Å². The van der Waals surface area contributed by atoms with E-state index in [9.17, 15) is 26.4 Å². The Morgan fingerprint density at radius 1 is 1.16 bits per heavy atom. The van der Waals surface area contributed by atoms with Gasteiger partial charge in [-0.1, -0.05) is 19.1 Å². The molecule has 0 saturated carbocycles. The number of likely N-dealkylation sites (N-methyl/N-ethyl adjacent to an activating group) is 1. The number of nitrogens with zero attached hydrogens (tertiary/aromatic N) is 4. The third kappa shape index (κ3) is 8.02. The topological polar surface area (TPSA) is 89.6 Å². The van der Waals surface area contributed by atoms with E-state index < -0.39 is 20.2 Å². The molecule has 2 aromatic rings. The summed E-state index contributed by atoms with van der Waals surface area (Å²) < 4.78 is 61.4. The predicted octanol–water partition coefficient (Wildman–Crippen LogP) is 3.47. The van der Waals surface area contributed by atoms with Crippen molar-refractivity contribution >= 4 is 15.7 Å². The zero-order valence-electron chi connectivity index (χ0n) is 21.4. The van der Waals surface area contributed by atoms with E-state index in [0.717, 1.165) is 75.4 Å². The third-order valence-corrected chi connectivity index (χ3v) is 8.29. The molecule has 0 spiro atoms. The van der Waals surface area contributed by atoms with Gasteiger partial charge in [0.1, 0.15) is 0 Å². The highest BCUT2D eigenvalue weighted by atomic mass is 32.2. The molecule has 3 rings (SSSR count). The average Bonchev–Trinajstić information content (AvgIpc) is 3.28. The number of alkyl halides is 3. The molecule has 206 valence electrons. The molecular weight excluding hydrogens is 507 g/mol. The van der Waals surface area contributed by atoms with E-state index in [1.165, 1.54) is 12.1 Å². The minimum absolute atomic E-state index is 0.130. The zero-order valence-corrected chi connectivity index (χ0v) is 22.2. The van der Waals surface area contributed by atoms with Crippen molar-refractivity contribution in [3.05, 3.63) is 48.0 Å². The molecule has 1 saturated heterocycles. The highest BCUT2D eigenvalue weighted by Crippen LogP contribution is 2.30. The van der Waals surface area contributed by atoms with E-state index >= 15 is 0 Å². The highest BCUT2D eigenvalue weighted by molar-refractivity contribution is 7.92. The van der Waals surface area contributed by atoms with Crippen LogP contribution in [-0.2, 0) is 27.6 Å². The van der Waals surface area contributed by atoms with Crippen molar-refractivity contribution in [2.24, 2.45) is 0 Å². The first-order valence-corrected chi connectivity index (χ1v) is 14.1. The number of aromatic nitrogens is 2. The molecule has 0 aliphatic carbocycles. The van der Waals surface area contributed by atoms with E-state index in [-0.39, 0.29) is 11.9 Å². The lowest BCUT2D eigenvalue weighted by molar-refractivity contribution is -0.131. The summed E-state index contributed by atoms with van der Waals surface area (Å²) in [7, 11) is -5.33. The Bertz CT molecular complexity index is 1090. The number of carbonyl (C=O) groups excluding carboxylic acids is 1. The summed E-state index contributed by atoms with van der Waals surface area (Å²) in [5.74, 6) is 0.147. The normalized spacial score (nSPS) is 16.8. The van der Waals surface area contributed by atoms with E-state index in [4.69, 9.17) is 0 Å². The number of amides is 1. The molecule has 8 nitrogen and oxygen atoms in total. The van der Waals surface area contributed by atoms with E-state index in [1.807, 2.05) is 4.90 Å². The summed E-state index contributed by atoms with van der Waals surface area (Å²) in [6.45, 7) is 9.19. The van der Waals surface area contributed by atoms with Crippen LogP contribution >= 0.6 is 0 Å². The lowest BCUT2D eigenvalue weighted by Crippen LogP contribution is -2.38. The van der Waals surface area contributed by atoms with Crippen molar-refractivity contribution in [3.8, 4) is 0 Å². The van der Waals surface area contributed by atoms with Crippen LogP contribution in [0.3, 0.4) is 0 Å². The van der Waals surface area contributed by atoms with Gasteiger partial charge in [-0.05, 0) is 63.4 Å². The molecule has 2 heterocycles. The number of H-pyrrole nitrogens is 1. The van der Waals surface area contributed by atoms with E-state index in [2.05, 4.69) is 33.6 Å². The number of benzene rings is 1. The van der Waals surface area contributed by atoms with Crippen LogP contribution in [0.2, 0.25) is 0 Å². The van der Waals surface area contributed by atoms with Gasteiger partial charge in [-0.15, -0.1) is 0 Å². The number of aromatic amines is 1. The maximum atomic E-state index is 12.8. The zero-order chi connectivity index (χ0) is 27.1. The fourth-order valence-corrected chi connectivity index (χ4v) is 5.44. The Hall–Kier alpha value is -2.44. The summed E-state index contributed by atoms with van der Waals surface area (Å²) in [6.07, 6.45) is 6.75. The minimum Gasteiger partial charge on any atom is -0.347 e. The van der Waals surface area contributed by atoms with Gasteiger partial charge in [-0.3, -0.25) is 9.69 Å². The number of halogens is 3. The molecular formula is C25H36F3N5O3S. The second kappa shape index (κ2) is 12.9. The first-order chi connectivity index (χ1) is 17.5. The van der Waals surface area contributed by atoms with Crippen LogP contribution in [-0.4, -0.2) is 89.8 Å². The summed E-state index contributed by atoms with van der Waals surface area (Å²) in [6, 6.07) is 5.07. The number of rotatable bonds is 12. The molecule has 1 aliphatic rings. The lowest BCUT2D eigenvalue weighted by Gasteiger charge is -2.28. The van der Waals surface area contributed by atoms with Gasteiger partial charge in [-0.2, -0.15) is 13.2 Å². The molecule has 1 fully saturated rings. The molecule has 1 aromatic carbocycles. The van der Waals surface area contributed by atoms with Crippen molar-refractivity contribution in [1.82, 2.24) is 24.7 Å². The Labute approximate surface area is 216 Å². The second-order valence-electron chi connectivity index (χ2n) is 9.50. The SMILES string of the molecule is CCN(CCCCN1CCCN(Cc2cnc[nH]2)CC1=O)C(C)Cc1ccc(S(=O)(=O)C(F)(F)F)cc1. The van der Waals surface area contributed by atoms with Gasteiger partial charge >= 0.3 is 5.51 Å². The van der Waals surface area contributed by atoms with Crippen LogP contribution in [0.4, 0.5) is 13.2 Å². The van der Waals surface area contributed by atoms with E-state index in [1.54, 1.807) is 12.5 Å². The average molecular weight is 544 g/mol. The van der Waals surface area contributed by atoms with Gasteiger partial charge in [0.2, 0.25) is 5.91 Å². The van der Waals surface area contributed by atoms with Crippen molar-refractivity contribution in [2.45, 2.75) is 62.5 Å². The first-order valence-electron chi connectivity index (χ1n) is 12.6. The Morgan fingerprint density at radius 3 is 2.51 bits per heavy atom. The monoisotopic (exact) mass is 543 g/mol. The molecule has 12 heteroatoms. The van der Waals surface area contributed by atoms with Crippen LogP contribution in [0.1, 0.15) is 44.4 Å². The van der Waals surface area contributed by atoms with E-state index in [0.29, 0.717) is 19.5 Å². The van der Waals surface area contributed by atoms with Crippen LogP contribution < -0.4 is 0 Å². The fourth-order valence-electron chi connectivity index (χ4n) is 4.68. The van der Waals surface area contributed by atoms with Gasteiger partial charge < -0.3 is 14.8 Å². The standard InChI is InChI=1S/C25H36F3N5O3S/c1-3-32(20(2)15-21-7-9-23(10-8-21)37(35,36)25(26,27)28)12-4-5-13-33-14-6-11-31(18-24(33)34)17-22-16-29-19-30-22/h7-10,16,19-20H,3-6,11-15,17-18H2,1-2H3,(H,29,30). The number of sulfone groups is 1. The number of hydrogen-bond acceptors (Lipinski definition) is 6. The lowest BCUT2D eigenvalue weighted by atomic mass is 10.1. The number of imidazole rings is 1. The number of hydrogen-bond donors (Lipinski definition) is 1. The van der Waals surface area contributed by atoms with Crippen molar-refractivity contribution < 1.29 is 26.4 Å². The molecule has 1 unspecified atom stereocenters. The number of unbranched alkanes of at least 4 members (excludes halogenated alkanes) is 1. The molecule has 37 heavy (non-hydrogen) atoms. The summed E-state index contributed by atoms with van der Waals surface area (Å²) in [5.41, 5.74) is -3.53. The maximum absolute atomic E-state index is 12.8. The van der Waals surface area contributed by atoms with Crippen LogP contribution in [0.25, 0.3) is 0 Å². The van der Waals surface area contributed by atoms with Gasteiger partial charge in [0.05, 0.1) is 17.8 Å². The third-order valence-electron chi connectivity index (χ3n) is 6.79. The molecule has 1 amide bonds. The molecule has 1 aliphatic heterocycles. The van der Waals surface area contributed by atoms with Crippen molar-refractivity contribution in [3.63, 3.8) is 0 Å². The summed E-state index contributed by atoms with van der Waals surface area (Å²) >= 11 is 0. The highest BCUT2D eigenvalue weighted by Gasteiger charge is 2.46. The van der Waals surface area contributed by atoms with Gasteiger partial charge in [-0.25, -0.2) is 13.4 Å². The molecule has 1 N–H and O–H groups in total. The molecule has 1 aromatic heterocycles. The van der Waals surface area contributed by atoms with Crippen LogP contribution in [0, 0.1) is 0 Å². The largest absolute Gasteiger partial charge is 0.501 e. The summed E-state index contributed by atoms with van der Waals surface area (Å²) in [4.78, 5) is 25.5. The molecule has 1 atom stereocenters.